The third kappa shape index (κ3) is 7.43. The van der Waals surface area contributed by atoms with E-state index in [4.69, 9.17) is 14.6 Å². The number of carboxylic acid groups (broad SMARTS) is 1. The molecule has 4 heteroatoms. The van der Waals surface area contributed by atoms with Gasteiger partial charge in [0.25, 0.3) is 0 Å². The summed E-state index contributed by atoms with van der Waals surface area (Å²) in [5.74, 6) is -0.916. The third-order valence-electron chi connectivity index (χ3n) is 1.94. The molecule has 0 aromatic carbocycles. The molecular formula is C12H22O4. The summed E-state index contributed by atoms with van der Waals surface area (Å²) in [7, 11) is 0. The van der Waals surface area contributed by atoms with Crippen LogP contribution in [0.15, 0.2) is 11.6 Å². The van der Waals surface area contributed by atoms with E-state index in [1.165, 1.54) is 0 Å². The maximum atomic E-state index is 10.7. The van der Waals surface area contributed by atoms with Crippen molar-refractivity contribution in [2.24, 2.45) is 0 Å². The molecule has 0 rings (SSSR count). The second kappa shape index (κ2) is 9.36. The van der Waals surface area contributed by atoms with Gasteiger partial charge in [-0.05, 0) is 25.8 Å². The van der Waals surface area contributed by atoms with Crippen molar-refractivity contribution < 1.29 is 19.4 Å². The van der Waals surface area contributed by atoms with Crippen molar-refractivity contribution in [3.8, 4) is 0 Å². The fourth-order valence-corrected chi connectivity index (χ4v) is 1.11. The Morgan fingerprint density at radius 1 is 1.31 bits per heavy atom. The van der Waals surface area contributed by atoms with E-state index < -0.39 is 5.97 Å². The zero-order valence-electron chi connectivity index (χ0n) is 10.4. The molecule has 94 valence electrons. The number of ether oxygens (including phenoxy) is 2. The van der Waals surface area contributed by atoms with Gasteiger partial charge in [0, 0.05) is 18.8 Å². The predicted octanol–water partition coefficient (Wildman–Crippen LogP) is 2.24. The van der Waals surface area contributed by atoms with Gasteiger partial charge in [0.05, 0.1) is 12.7 Å². The molecule has 0 aromatic heterocycles. The van der Waals surface area contributed by atoms with Gasteiger partial charge >= 0.3 is 5.97 Å². The Hall–Kier alpha value is -0.870. The highest BCUT2D eigenvalue weighted by molar-refractivity contribution is 5.85. The van der Waals surface area contributed by atoms with Crippen LogP contribution in [0.5, 0.6) is 0 Å². The minimum absolute atomic E-state index is 0.261. The average Bonchev–Trinajstić information content (AvgIpc) is 2.25. The summed E-state index contributed by atoms with van der Waals surface area (Å²) < 4.78 is 10.9. The molecule has 16 heavy (non-hydrogen) atoms. The van der Waals surface area contributed by atoms with Crippen LogP contribution in [-0.4, -0.2) is 37.0 Å². The lowest BCUT2D eigenvalue weighted by atomic mass is 10.2. The summed E-state index contributed by atoms with van der Waals surface area (Å²) in [5, 5.41) is 8.76. The molecule has 0 radical (unpaired) electrons. The van der Waals surface area contributed by atoms with Crippen LogP contribution < -0.4 is 0 Å². The molecule has 0 aliphatic heterocycles. The van der Waals surface area contributed by atoms with E-state index in [2.05, 4.69) is 0 Å². The first-order valence-electron chi connectivity index (χ1n) is 5.72. The van der Waals surface area contributed by atoms with Gasteiger partial charge in [-0.2, -0.15) is 0 Å². The number of hydrogen-bond acceptors (Lipinski definition) is 3. The first-order valence-corrected chi connectivity index (χ1v) is 5.72. The largest absolute Gasteiger partial charge is 0.478 e. The Balaban J connectivity index is 4.18. The van der Waals surface area contributed by atoms with Crippen molar-refractivity contribution in [1.29, 1.82) is 0 Å². The maximum absolute atomic E-state index is 10.7. The van der Waals surface area contributed by atoms with Gasteiger partial charge in [0.1, 0.15) is 0 Å². The second-order valence-corrected chi connectivity index (χ2v) is 3.64. The van der Waals surface area contributed by atoms with Gasteiger partial charge < -0.3 is 14.6 Å². The normalized spacial score (nSPS) is 13.8. The fourth-order valence-electron chi connectivity index (χ4n) is 1.11. The molecule has 0 aliphatic rings. The van der Waals surface area contributed by atoms with Crippen molar-refractivity contribution in [3.63, 3.8) is 0 Å². The van der Waals surface area contributed by atoms with Crippen molar-refractivity contribution in [1.82, 2.24) is 0 Å². The van der Waals surface area contributed by atoms with Gasteiger partial charge in [-0.25, -0.2) is 4.79 Å². The van der Waals surface area contributed by atoms with Gasteiger partial charge in [-0.15, -0.1) is 0 Å². The Kier molecular flexibility index (Phi) is 8.85. The Morgan fingerprint density at radius 2 is 1.94 bits per heavy atom. The number of rotatable bonds is 9. The van der Waals surface area contributed by atoms with E-state index in [-0.39, 0.29) is 6.10 Å². The van der Waals surface area contributed by atoms with Crippen LogP contribution >= 0.6 is 0 Å². The van der Waals surface area contributed by atoms with E-state index in [1.807, 2.05) is 13.8 Å². The summed E-state index contributed by atoms with van der Waals surface area (Å²) in [6.45, 7) is 7.30. The lowest BCUT2D eigenvalue weighted by Crippen LogP contribution is -2.20. The zero-order valence-corrected chi connectivity index (χ0v) is 10.4. The van der Waals surface area contributed by atoms with Crippen molar-refractivity contribution in [3.05, 3.63) is 11.6 Å². The molecule has 1 unspecified atom stereocenters. The monoisotopic (exact) mass is 230 g/mol. The van der Waals surface area contributed by atoms with Crippen molar-refractivity contribution >= 4 is 5.97 Å². The molecule has 0 spiro atoms. The van der Waals surface area contributed by atoms with Crippen LogP contribution in [-0.2, 0) is 14.3 Å². The third-order valence-corrected chi connectivity index (χ3v) is 1.94. The summed E-state index contributed by atoms with van der Waals surface area (Å²) in [6, 6.07) is 0. The van der Waals surface area contributed by atoms with Crippen LogP contribution in [0.25, 0.3) is 0 Å². The molecule has 4 nitrogen and oxygen atoms in total. The number of hydrogen-bond donors (Lipinski definition) is 1. The Labute approximate surface area is 97.2 Å². The van der Waals surface area contributed by atoms with Crippen LogP contribution in [0.1, 0.15) is 33.6 Å². The van der Waals surface area contributed by atoms with Crippen LogP contribution in [0, 0.1) is 0 Å². The SMILES string of the molecule is CCCOCC(C=C(C)C(=O)O)OCCC. The quantitative estimate of drug-likeness (QED) is 0.487. The molecule has 0 saturated heterocycles. The molecule has 0 heterocycles. The van der Waals surface area contributed by atoms with E-state index in [9.17, 15) is 4.79 Å². The lowest BCUT2D eigenvalue weighted by molar-refractivity contribution is -0.132. The van der Waals surface area contributed by atoms with E-state index >= 15 is 0 Å². The first kappa shape index (κ1) is 15.1. The van der Waals surface area contributed by atoms with E-state index in [1.54, 1.807) is 13.0 Å². The van der Waals surface area contributed by atoms with E-state index in [0.29, 0.717) is 25.4 Å². The highest BCUT2D eigenvalue weighted by atomic mass is 16.5. The summed E-state index contributed by atoms with van der Waals surface area (Å²) in [5.41, 5.74) is 0.293. The predicted molar refractivity (Wildman–Crippen MR) is 62.5 cm³/mol. The maximum Gasteiger partial charge on any atom is 0.331 e. The topological polar surface area (TPSA) is 55.8 Å². The smallest absolute Gasteiger partial charge is 0.331 e. The molecule has 0 aliphatic carbocycles. The lowest BCUT2D eigenvalue weighted by Gasteiger charge is -2.14. The van der Waals surface area contributed by atoms with Crippen LogP contribution in [0.4, 0.5) is 0 Å². The highest BCUT2D eigenvalue weighted by Gasteiger charge is 2.09. The number of carboxylic acids is 1. The van der Waals surface area contributed by atoms with Gasteiger partial charge in [-0.3, -0.25) is 0 Å². The summed E-state index contributed by atoms with van der Waals surface area (Å²) >= 11 is 0. The van der Waals surface area contributed by atoms with Crippen LogP contribution in [0.3, 0.4) is 0 Å². The standard InChI is InChI=1S/C12H22O4/c1-4-6-15-9-11(16-7-5-2)8-10(3)12(13)14/h8,11H,4-7,9H2,1-3H3,(H,13,14). The molecular weight excluding hydrogens is 208 g/mol. The molecule has 1 atom stereocenters. The molecule has 0 fully saturated rings. The van der Waals surface area contributed by atoms with Crippen molar-refractivity contribution in [2.45, 2.75) is 39.7 Å². The Morgan fingerprint density at radius 3 is 2.44 bits per heavy atom. The second-order valence-electron chi connectivity index (χ2n) is 3.64. The van der Waals surface area contributed by atoms with E-state index in [0.717, 1.165) is 12.8 Å². The molecule has 0 bridgehead atoms. The van der Waals surface area contributed by atoms with Gasteiger partial charge in [0.2, 0.25) is 0 Å². The van der Waals surface area contributed by atoms with Crippen LogP contribution in [0.2, 0.25) is 0 Å². The average molecular weight is 230 g/mol. The minimum Gasteiger partial charge on any atom is -0.478 e. The zero-order chi connectivity index (χ0) is 12.4. The minimum atomic E-state index is -0.916. The first-order chi connectivity index (χ1) is 7.61. The summed E-state index contributed by atoms with van der Waals surface area (Å²) in [6.07, 6.45) is 3.20. The van der Waals surface area contributed by atoms with Gasteiger partial charge in [-0.1, -0.05) is 13.8 Å². The fraction of sp³-hybridized carbons (Fsp3) is 0.750. The van der Waals surface area contributed by atoms with Crippen molar-refractivity contribution in [2.75, 3.05) is 19.8 Å². The molecule has 1 N–H and O–H groups in total. The Bertz CT molecular complexity index is 223. The highest BCUT2D eigenvalue weighted by Crippen LogP contribution is 2.03. The number of aliphatic carboxylic acids is 1. The molecule has 0 amide bonds. The summed E-state index contributed by atoms with van der Waals surface area (Å²) in [4.78, 5) is 10.7. The number of carbonyl (C=O) groups is 1. The van der Waals surface area contributed by atoms with Gasteiger partial charge in [0.15, 0.2) is 0 Å². The molecule has 0 saturated carbocycles. The molecule has 0 aromatic rings.